The molecule has 0 saturated carbocycles. The van der Waals surface area contributed by atoms with E-state index in [4.69, 9.17) is 0 Å². The summed E-state index contributed by atoms with van der Waals surface area (Å²) in [6.07, 6.45) is 0.285. The molecule has 110 valence electrons. The van der Waals surface area contributed by atoms with Gasteiger partial charge in [-0.3, -0.25) is 14.9 Å². The van der Waals surface area contributed by atoms with E-state index in [1.54, 1.807) is 12.1 Å². The standard InChI is InChI=1S/C17H14N2O3/c20-15-11-16(21)19(17(22)18-15)14-9-5-4-8-13(14)10-12-6-2-1-3-7-12/h1-9H,10-11H2,(H,18,20,22). The molecule has 0 unspecified atom stereocenters. The molecule has 1 aliphatic heterocycles. The number of nitrogens with one attached hydrogen (secondary N) is 1. The molecule has 0 radical (unpaired) electrons. The van der Waals surface area contributed by atoms with Gasteiger partial charge in [0.2, 0.25) is 11.8 Å². The number of carbonyl (C=O) groups excluding carboxylic acids is 3. The van der Waals surface area contributed by atoms with E-state index in [-0.39, 0.29) is 6.42 Å². The van der Waals surface area contributed by atoms with Crippen LogP contribution in [0.15, 0.2) is 54.6 Å². The number of barbiturate groups is 1. The number of hydrogen-bond acceptors (Lipinski definition) is 3. The summed E-state index contributed by atoms with van der Waals surface area (Å²) in [5, 5.41) is 2.18. The molecule has 1 fully saturated rings. The average Bonchev–Trinajstić information content (AvgIpc) is 2.49. The summed E-state index contributed by atoms with van der Waals surface area (Å²) >= 11 is 0. The number of benzene rings is 2. The van der Waals surface area contributed by atoms with Crippen molar-refractivity contribution < 1.29 is 14.4 Å². The van der Waals surface area contributed by atoms with Crippen molar-refractivity contribution in [3.63, 3.8) is 0 Å². The van der Waals surface area contributed by atoms with Gasteiger partial charge in [-0.2, -0.15) is 0 Å². The number of carbonyl (C=O) groups is 3. The number of amides is 4. The highest BCUT2D eigenvalue weighted by Gasteiger charge is 2.33. The predicted octanol–water partition coefficient (Wildman–Crippen LogP) is 2.25. The van der Waals surface area contributed by atoms with Crippen LogP contribution in [-0.4, -0.2) is 17.8 Å². The molecule has 1 heterocycles. The Hall–Kier alpha value is -2.95. The maximum Gasteiger partial charge on any atom is 0.335 e. The highest BCUT2D eigenvalue weighted by molar-refractivity contribution is 6.26. The molecule has 4 amide bonds. The highest BCUT2D eigenvalue weighted by atomic mass is 16.2. The molecule has 0 spiro atoms. The van der Waals surface area contributed by atoms with E-state index in [9.17, 15) is 14.4 Å². The summed E-state index contributed by atoms with van der Waals surface area (Å²) in [4.78, 5) is 36.4. The van der Waals surface area contributed by atoms with Gasteiger partial charge in [-0.05, 0) is 23.6 Å². The normalized spacial score (nSPS) is 14.9. The van der Waals surface area contributed by atoms with E-state index >= 15 is 0 Å². The van der Waals surface area contributed by atoms with Crippen molar-refractivity contribution in [1.82, 2.24) is 5.32 Å². The van der Waals surface area contributed by atoms with Gasteiger partial charge >= 0.3 is 6.03 Å². The second-order valence-electron chi connectivity index (χ2n) is 5.05. The summed E-state index contributed by atoms with van der Waals surface area (Å²) in [5.74, 6) is -1.07. The molecule has 0 atom stereocenters. The first kappa shape index (κ1) is 14.0. The van der Waals surface area contributed by atoms with Gasteiger partial charge in [-0.15, -0.1) is 0 Å². The van der Waals surface area contributed by atoms with Crippen LogP contribution in [0.3, 0.4) is 0 Å². The first-order chi connectivity index (χ1) is 10.6. The van der Waals surface area contributed by atoms with Crippen molar-refractivity contribution in [2.24, 2.45) is 0 Å². The van der Waals surface area contributed by atoms with Crippen LogP contribution in [0.5, 0.6) is 0 Å². The van der Waals surface area contributed by atoms with Crippen LogP contribution in [0.2, 0.25) is 0 Å². The van der Waals surface area contributed by atoms with E-state index < -0.39 is 17.8 Å². The van der Waals surface area contributed by atoms with Gasteiger partial charge in [0.05, 0.1) is 5.69 Å². The molecule has 1 aliphatic rings. The zero-order chi connectivity index (χ0) is 15.5. The van der Waals surface area contributed by atoms with Crippen molar-refractivity contribution >= 4 is 23.5 Å². The van der Waals surface area contributed by atoms with Gasteiger partial charge in [0, 0.05) is 0 Å². The Morgan fingerprint density at radius 1 is 0.909 bits per heavy atom. The van der Waals surface area contributed by atoms with E-state index in [2.05, 4.69) is 5.32 Å². The number of anilines is 1. The lowest BCUT2D eigenvalue weighted by Gasteiger charge is -2.26. The van der Waals surface area contributed by atoms with Crippen molar-refractivity contribution in [3.8, 4) is 0 Å². The summed E-state index contributed by atoms with van der Waals surface area (Å²) in [6, 6.07) is 16.3. The van der Waals surface area contributed by atoms with Crippen LogP contribution in [-0.2, 0) is 16.0 Å². The summed E-state index contributed by atoms with van der Waals surface area (Å²) in [5.41, 5.74) is 2.45. The molecule has 1 saturated heterocycles. The number of imide groups is 2. The van der Waals surface area contributed by atoms with E-state index in [0.29, 0.717) is 12.1 Å². The average molecular weight is 294 g/mol. The highest BCUT2D eigenvalue weighted by Crippen LogP contribution is 2.25. The van der Waals surface area contributed by atoms with E-state index in [1.165, 1.54) is 0 Å². The molecule has 5 nitrogen and oxygen atoms in total. The Bertz CT molecular complexity index is 721. The zero-order valence-corrected chi connectivity index (χ0v) is 11.8. The Balaban J connectivity index is 1.96. The number of hydrogen-bond donors (Lipinski definition) is 1. The Morgan fingerprint density at radius 3 is 2.32 bits per heavy atom. The maximum absolute atomic E-state index is 12.1. The molecular formula is C17H14N2O3. The van der Waals surface area contributed by atoms with Crippen molar-refractivity contribution in [2.45, 2.75) is 12.8 Å². The molecule has 3 rings (SSSR count). The summed E-state index contributed by atoms with van der Waals surface area (Å²) in [6.45, 7) is 0. The molecule has 2 aromatic carbocycles. The maximum atomic E-state index is 12.1. The van der Waals surface area contributed by atoms with E-state index in [1.807, 2.05) is 42.5 Å². The summed E-state index contributed by atoms with van der Waals surface area (Å²) in [7, 11) is 0. The third-order valence-corrected chi connectivity index (χ3v) is 3.48. The fraction of sp³-hybridized carbons (Fsp3) is 0.118. The van der Waals surface area contributed by atoms with Gasteiger partial charge in [-0.25, -0.2) is 9.69 Å². The van der Waals surface area contributed by atoms with Crippen LogP contribution < -0.4 is 10.2 Å². The fourth-order valence-corrected chi connectivity index (χ4v) is 2.49. The lowest BCUT2D eigenvalue weighted by molar-refractivity contribution is -0.128. The van der Waals surface area contributed by atoms with Crippen molar-refractivity contribution in [1.29, 1.82) is 0 Å². The minimum Gasteiger partial charge on any atom is -0.277 e. The van der Waals surface area contributed by atoms with Crippen LogP contribution in [0.1, 0.15) is 17.5 Å². The molecule has 0 bridgehead atoms. The number of urea groups is 1. The largest absolute Gasteiger partial charge is 0.335 e. The predicted molar refractivity (Wildman–Crippen MR) is 81.3 cm³/mol. The van der Waals surface area contributed by atoms with Gasteiger partial charge in [0.25, 0.3) is 0 Å². The second-order valence-corrected chi connectivity index (χ2v) is 5.05. The number of para-hydroxylation sites is 1. The lowest BCUT2D eigenvalue weighted by Crippen LogP contribution is -2.53. The van der Waals surface area contributed by atoms with Crippen LogP contribution >= 0.6 is 0 Å². The van der Waals surface area contributed by atoms with E-state index in [0.717, 1.165) is 16.0 Å². The topological polar surface area (TPSA) is 66.5 Å². The minimum atomic E-state index is -0.693. The molecule has 1 N–H and O–H groups in total. The third-order valence-electron chi connectivity index (χ3n) is 3.48. The SMILES string of the molecule is O=C1CC(=O)N(c2ccccc2Cc2ccccc2)C(=O)N1. The molecule has 2 aromatic rings. The lowest BCUT2D eigenvalue weighted by atomic mass is 10.0. The fourth-order valence-electron chi connectivity index (χ4n) is 2.49. The Morgan fingerprint density at radius 2 is 1.59 bits per heavy atom. The summed E-state index contributed by atoms with van der Waals surface area (Å²) < 4.78 is 0. The first-order valence-electron chi connectivity index (χ1n) is 6.94. The van der Waals surface area contributed by atoms with Gasteiger partial charge in [-0.1, -0.05) is 48.5 Å². The minimum absolute atomic E-state index is 0.314. The number of rotatable bonds is 3. The van der Waals surface area contributed by atoms with Crippen molar-refractivity contribution in [2.75, 3.05) is 4.90 Å². The van der Waals surface area contributed by atoms with Crippen LogP contribution in [0.4, 0.5) is 10.5 Å². The van der Waals surface area contributed by atoms with Crippen LogP contribution in [0, 0.1) is 0 Å². The quantitative estimate of drug-likeness (QED) is 0.883. The second kappa shape index (κ2) is 5.81. The van der Waals surface area contributed by atoms with Gasteiger partial charge in [0.1, 0.15) is 6.42 Å². The molecule has 0 aliphatic carbocycles. The number of nitrogens with zero attached hydrogens (tertiary/aromatic N) is 1. The third kappa shape index (κ3) is 2.74. The Kier molecular flexibility index (Phi) is 3.70. The monoisotopic (exact) mass is 294 g/mol. The van der Waals surface area contributed by atoms with Gasteiger partial charge in [0.15, 0.2) is 0 Å². The van der Waals surface area contributed by atoms with Crippen LogP contribution in [0.25, 0.3) is 0 Å². The van der Waals surface area contributed by atoms with Gasteiger partial charge < -0.3 is 0 Å². The molecule has 0 aromatic heterocycles. The molecule has 22 heavy (non-hydrogen) atoms. The molecule has 5 heteroatoms. The first-order valence-corrected chi connectivity index (χ1v) is 6.94. The molecular weight excluding hydrogens is 280 g/mol. The van der Waals surface area contributed by atoms with Crippen molar-refractivity contribution in [3.05, 3.63) is 65.7 Å². The smallest absolute Gasteiger partial charge is 0.277 e. The Labute approximate surface area is 127 Å². The zero-order valence-electron chi connectivity index (χ0n) is 11.8.